The first kappa shape index (κ1) is 24.4. The molecule has 2 aromatic carbocycles. The summed E-state index contributed by atoms with van der Waals surface area (Å²) in [6.07, 6.45) is 4.40. The molecule has 4 rings (SSSR count). The van der Waals surface area contributed by atoms with Gasteiger partial charge in [0.05, 0.1) is 19.6 Å². The zero-order valence-electron chi connectivity index (χ0n) is 20.1. The Morgan fingerprint density at radius 2 is 1.74 bits per heavy atom. The first-order valence-corrected chi connectivity index (χ1v) is 12.3. The maximum absolute atomic E-state index is 12.7. The molecule has 0 aliphatic carbocycles. The van der Waals surface area contributed by atoms with Gasteiger partial charge in [-0.15, -0.1) is 0 Å². The number of nitrogens with one attached hydrogen (secondary N) is 1. The van der Waals surface area contributed by atoms with Crippen LogP contribution in [0.25, 0.3) is 0 Å². The molecule has 184 valence electrons. The number of carbonyl (C=O) groups excluding carboxylic acids is 1. The van der Waals surface area contributed by atoms with Crippen LogP contribution < -0.4 is 19.5 Å². The summed E-state index contributed by atoms with van der Waals surface area (Å²) < 4.78 is 22.3. The van der Waals surface area contributed by atoms with E-state index in [9.17, 15) is 4.79 Å². The van der Waals surface area contributed by atoms with E-state index in [1.54, 1.807) is 7.11 Å². The molecule has 2 aliphatic heterocycles. The van der Waals surface area contributed by atoms with Crippen LogP contribution in [-0.4, -0.2) is 70.0 Å². The molecule has 2 heterocycles. The summed E-state index contributed by atoms with van der Waals surface area (Å²) >= 11 is 0. The lowest BCUT2D eigenvalue weighted by molar-refractivity contribution is -0.122. The van der Waals surface area contributed by atoms with Crippen LogP contribution >= 0.6 is 0 Å². The molecule has 1 amide bonds. The minimum absolute atomic E-state index is 0.0125. The average Bonchev–Trinajstić information content (AvgIpc) is 3.36. The van der Waals surface area contributed by atoms with Crippen molar-refractivity contribution < 1.29 is 23.7 Å². The highest BCUT2D eigenvalue weighted by molar-refractivity contribution is 5.76. The van der Waals surface area contributed by atoms with Gasteiger partial charge in [-0.05, 0) is 74.2 Å². The predicted molar refractivity (Wildman–Crippen MR) is 131 cm³/mol. The van der Waals surface area contributed by atoms with Crippen LogP contribution in [0.15, 0.2) is 42.5 Å². The molecule has 0 spiro atoms. The van der Waals surface area contributed by atoms with Crippen molar-refractivity contribution in [3.8, 4) is 17.2 Å². The van der Waals surface area contributed by atoms with Gasteiger partial charge in [-0.3, -0.25) is 4.79 Å². The maximum atomic E-state index is 12.7. The lowest BCUT2D eigenvalue weighted by atomic mass is 10.0. The molecular formula is C27H36N2O5. The van der Waals surface area contributed by atoms with Crippen molar-refractivity contribution in [3.05, 3.63) is 53.6 Å². The summed E-state index contributed by atoms with van der Waals surface area (Å²) in [6, 6.07) is 14.1. The highest BCUT2D eigenvalue weighted by Crippen LogP contribution is 2.31. The van der Waals surface area contributed by atoms with Gasteiger partial charge >= 0.3 is 0 Å². The number of fused-ring (bicyclic) bond motifs is 1. The number of likely N-dealkylation sites (tertiary alicyclic amines) is 1. The van der Waals surface area contributed by atoms with Gasteiger partial charge in [-0.2, -0.15) is 0 Å². The standard InChI is InChI=1S/C27H36N2O5/c1-31-14-10-21-4-7-24(8-5-21)32-15-11-27(30)28-23(20-29-12-2-3-13-29)18-22-6-9-25-26(19-22)34-17-16-33-25/h4-9,19,23H,2-3,10-18,20H2,1H3,(H,28,30)/t23-/m0/s1. The first-order chi connectivity index (χ1) is 16.7. The summed E-state index contributed by atoms with van der Waals surface area (Å²) in [5.74, 6) is 2.37. The number of ether oxygens (including phenoxy) is 4. The molecule has 0 unspecified atom stereocenters. The molecule has 0 aromatic heterocycles. The fourth-order valence-corrected chi connectivity index (χ4v) is 4.47. The van der Waals surface area contributed by atoms with Crippen molar-refractivity contribution in [1.29, 1.82) is 0 Å². The highest BCUT2D eigenvalue weighted by atomic mass is 16.6. The quantitative estimate of drug-likeness (QED) is 0.516. The van der Waals surface area contributed by atoms with Crippen molar-refractivity contribution in [2.75, 3.05) is 53.2 Å². The topological polar surface area (TPSA) is 69.3 Å². The first-order valence-electron chi connectivity index (χ1n) is 12.3. The van der Waals surface area contributed by atoms with E-state index in [1.807, 2.05) is 36.4 Å². The van der Waals surface area contributed by atoms with Crippen molar-refractivity contribution in [1.82, 2.24) is 10.2 Å². The Balaban J connectivity index is 1.28. The van der Waals surface area contributed by atoms with Crippen LogP contribution in [0.5, 0.6) is 17.2 Å². The minimum atomic E-state index is 0.0125. The van der Waals surface area contributed by atoms with Crippen molar-refractivity contribution in [3.63, 3.8) is 0 Å². The van der Waals surface area contributed by atoms with Crippen LogP contribution in [-0.2, 0) is 22.4 Å². The van der Waals surface area contributed by atoms with Crippen LogP contribution in [0.4, 0.5) is 0 Å². The molecule has 7 nitrogen and oxygen atoms in total. The molecule has 0 bridgehead atoms. The maximum Gasteiger partial charge on any atom is 0.223 e. The molecule has 1 saturated heterocycles. The van der Waals surface area contributed by atoms with Gasteiger partial charge < -0.3 is 29.2 Å². The molecule has 2 aromatic rings. The van der Waals surface area contributed by atoms with E-state index in [-0.39, 0.29) is 11.9 Å². The summed E-state index contributed by atoms with van der Waals surface area (Å²) in [4.78, 5) is 15.2. The largest absolute Gasteiger partial charge is 0.493 e. The third-order valence-electron chi connectivity index (χ3n) is 6.25. The summed E-state index contributed by atoms with van der Waals surface area (Å²) in [6.45, 7) is 5.24. The lowest BCUT2D eigenvalue weighted by Gasteiger charge is -2.25. The molecular weight excluding hydrogens is 432 g/mol. The SMILES string of the molecule is COCCc1ccc(OCCC(=O)N[C@@H](Cc2ccc3c(c2)OCCO3)CN2CCCC2)cc1. The smallest absolute Gasteiger partial charge is 0.223 e. The van der Waals surface area contributed by atoms with E-state index in [0.717, 1.165) is 55.3 Å². The van der Waals surface area contributed by atoms with Crippen molar-refractivity contribution in [2.24, 2.45) is 0 Å². The lowest BCUT2D eigenvalue weighted by Crippen LogP contribution is -2.44. The van der Waals surface area contributed by atoms with E-state index in [1.165, 1.54) is 18.4 Å². The summed E-state index contributed by atoms with van der Waals surface area (Å²) in [7, 11) is 1.70. The zero-order valence-corrected chi connectivity index (χ0v) is 20.1. The normalized spacial score (nSPS) is 16.3. The molecule has 1 N–H and O–H groups in total. The third kappa shape index (κ3) is 7.37. The van der Waals surface area contributed by atoms with E-state index in [0.29, 0.717) is 32.8 Å². The summed E-state index contributed by atoms with van der Waals surface area (Å²) in [5, 5.41) is 3.24. The van der Waals surface area contributed by atoms with Gasteiger partial charge in [0, 0.05) is 19.7 Å². The highest BCUT2D eigenvalue weighted by Gasteiger charge is 2.21. The number of benzene rings is 2. The number of rotatable bonds is 12. The molecule has 1 fully saturated rings. The van der Waals surface area contributed by atoms with Crippen LogP contribution in [0.2, 0.25) is 0 Å². The molecule has 7 heteroatoms. The van der Waals surface area contributed by atoms with E-state index < -0.39 is 0 Å². The van der Waals surface area contributed by atoms with Crippen LogP contribution in [0, 0.1) is 0 Å². The van der Waals surface area contributed by atoms with E-state index in [4.69, 9.17) is 18.9 Å². The molecule has 1 atom stereocenters. The van der Waals surface area contributed by atoms with Gasteiger partial charge in [0.1, 0.15) is 19.0 Å². The monoisotopic (exact) mass is 468 g/mol. The number of hydrogen-bond acceptors (Lipinski definition) is 6. The zero-order chi connectivity index (χ0) is 23.6. The minimum Gasteiger partial charge on any atom is -0.493 e. The van der Waals surface area contributed by atoms with Gasteiger partial charge in [0.15, 0.2) is 11.5 Å². The summed E-state index contributed by atoms with van der Waals surface area (Å²) in [5.41, 5.74) is 2.34. The van der Waals surface area contributed by atoms with Crippen molar-refractivity contribution in [2.45, 2.75) is 38.1 Å². The Bertz CT molecular complexity index is 912. The number of methoxy groups -OCH3 is 1. The molecule has 0 radical (unpaired) electrons. The Labute approximate surface area is 202 Å². The number of carbonyl (C=O) groups is 1. The van der Waals surface area contributed by atoms with Crippen molar-refractivity contribution >= 4 is 5.91 Å². The Morgan fingerprint density at radius 1 is 1.00 bits per heavy atom. The van der Waals surface area contributed by atoms with Crippen LogP contribution in [0.1, 0.15) is 30.4 Å². The fraction of sp³-hybridized carbons (Fsp3) is 0.519. The Hall–Kier alpha value is -2.77. The number of nitrogens with zero attached hydrogens (tertiary/aromatic N) is 1. The second-order valence-corrected chi connectivity index (χ2v) is 8.94. The molecule has 34 heavy (non-hydrogen) atoms. The Kier molecular flexibility index (Phi) is 9.04. The van der Waals surface area contributed by atoms with Gasteiger partial charge in [0.2, 0.25) is 5.91 Å². The second-order valence-electron chi connectivity index (χ2n) is 8.94. The van der Waals surface area contributed by atoms with E-state index >= 15 is 0 Å². The number of amides is 1. The van der Waals surface area contributed by atoms with Gasteiger partial charge in [0.25, 0.3) is 0 Å². The van der Waals surface area contributed by atoms with E-state index in [2.05, 4.69) is 16.3 Å². The van der Waals surface area contributed by atoms with Gasteiger partial charge in [-0.25, -0.2) is 0 Å². The molecule has 0 saturated carbocycles. The fourth-order valence-electron chi connectivity index (χ4n) is 4.47. The average molecular weight is 469 g/mol. The Morgan fingerprint density at radius 3 is 2.50 bits per heavy atom. The van der Waals surface area contributed by atoms with Gasteiger partial charge in [-0.1, -0.05) is 18.2 Å². The number of hydrogen-bond donors (Lipinski definition) is 1. The third-order valence-corrected chi connectivity index (χ3v) is 6.25. The predicted octanol–water partition coefficient (Wildman–Crippen LogP) is 3.24. The molecule has 2 aliphatic rings. The second kappa shape index (κ2) is 12.6. The van der Waals surface area contributed by atoms with Crippen LogP contribution in [0.3, 0.4) is 0 Å².